The predicted octanol–water partition coefficient (Wildman–Crippen LogP) is 2.30. The quantitative estimate of drug-likeness (QED) is 0.682. The molecule has 19 heavy (non-hydrogen) atoms. The highest BCUT2D eigenvalue weighted by atomic mass is 32.3. The fourth-order valence-corrected chi connectivity index (χ4v) is 10.1. The molecule has 4 fully saturated rings. The third-order valence-electron chi connectivity index (χ3n) is 3.60. The smallest absolute Gasteiger partial charge is 0.133 e. The predicted molar refractivity (Wildman–Crippen MR) is 79.7 cm³/mol. The molecule has 0 aromatic carbocycles. The van der Waals surface area contributed by atoms with Gasteiger partial charge in [-0.25, -0.2) is 0 Å². The number of hydrogen-bond acceptors (Lipinski definition) is 7. The van der Waals surface area contributed by atoms with Crippen LogP contribution in [0, 0.1) is 24.2 Å². The molecule has 0 unspecified atom stereocenters. The van der Waals surface area contributed by atoms with Crippen molar-refractivity contribution in [2.45, 2.75) is 39.9 Å². The van der Waals surface area contributed by atoms with E-state index in [-0.39, 0.29) is 5.41 Å². The van der Waals surface area contributed by atoms with Crippen LogP contribution in [0.4, 0.5) is 0 Å². The third-order valence-corrected chi connectivity index (χ3v) is 8.42. The van der Waals surface area contributed by atoms with Crippen molar-refractivity contribution in [3.8, 4) is 11.8 Å². The number of aromatic nitrogens is 4. The van der Waals surface area contributed by atoms with Gasteiger partial charge in [0.15, 0.2) is 5.82 Å². The first kappa shape index (κ1) is 12.3. The van der Waals surface area contributed by atoms with E-state index in [4.69, 9.17) is 0 Å². The van der Waals surface area contributed by atoms with Crippen LogP contribution in [0.15, 0.2) is 0 Å². The summed E-state index contributed by atoms with van der Waals surface area (Å²) < 4.78 is 2.22. The summed E-state index contributed by atoms with van der Waals surface area (Å²) in [5.41, 5.74) is 0.190. The van der Waals surface area contributed by atoms with Crippen LogP contribution in [0.1, 0.15) is 30.9 Å². The van der Waals surface area contributed by atoms with E-state index in [9.17, 15) is 0 Å². The van der Waals surface area contributed by atoms with Gasteiger partial charge in [-0.1, -0.05) is 5.92 Å². The Labute approximate surface area is 124 Å². The van der Waals surface area contributed by atoms with Crippen LogP contribution in [-0.4, -0.2) is 34.1 Å². The van der Waals surface area contributed by atoms with Crippen molar-refractivity contribution in [2.24, 2.45) is 5.41 Å². The average molecular weight is 308 g/mol. The minimum atomic E-state index is 0.190. The summed E-state index contributed by atoms with van der Waals surface area (Å²) in [5, 5.41) is 15.8. The van der Waals surface area contributed by atoms with E-state index in [1.54, 1.807) is 6.92 Å². The van der Waals surface area contributed by atoms with Crippen LogP contribution in [0.2, 0.25) is 0 Å². The molecule has 4 aliphatic rings. The Kier molecular flexibility index (Phi) is 2.94. The summed E-state index contributed by atoms with van der Waals surface area (Å²) in [4.78, 5) is 0. The van der Waals surface area contributed by atoms with Gasteiger partial charge in [0.05, 0.1) is 13.7 Å². The van der Waals surface area contributed by atoms with E-state index >= 15 is 0 Å². The fraction of sp³-hybridized carbons (Fsp3) is 0.667. The van der Waals surface area contributed by atoms with E-state index in [1.807, 2.05) is 0 Å². The summed E-state index contributed by atoms with van der Waals surface area (Å²) in [7, 11) is 0. The molecule has 0 saturated carbocycles. The first-order chi connectivity index (χ1) is 9.21. The highest BCUT2D eigenvalue weighted by Crippen LogP contribution is 2.66. The molecule has 1 aromatic heterocycles. The van der Waals surface area contributed by atoms with Crippen LogP contribution in [-0.2, 0) is 0 Å². The molecule has 7 heteroatoms. The number of thioether (sulfide) groups is 3. The van der Waals surface area contributed by atoms with E-state index < -0.39 is 0 Å². The van der Waals surface area contributed by atoms with Gasteiger partial charge >= 0.3 is 0 Å². The zero-order chi connectivity index (χ0) is 12.9. The van der Waals surface area contributed by atoms with Crippen LogP contribution in [0.25, 0.3) is 0 Å². The summed E-state index contributed by atoms with van der Waals surface area (Å²) in [6.45, 7) is 1.78. The molecule has 4 nitrogen and oxygen atoms in total. The lowest BCUT2D eigenvalue weighted by Crippen LogP contribution is -2.43. The monoisotopic (exact) mass is 308 g/mol. The van der Waals surface area contributed by atoms with Gasteiger partial charge in [-0.15, -0.1) is 55.7 Å². The minimum Gasteiger partial charge on any atom is -0.133 e. The number of aryl methyl sites for hydroxylation is 1. The molecular formula is C12H12N4S3. The van der Waals surface area contributed by atoms with Crippen LogP contribution >= 0.6 is 35.3 Å². The Balaban J connectivity index is 1.61. The van der Waals surface area contributed by atoms with Gasteiger partial charge in [0, 0.05) is 5.41 Å². The van der Waals surface area contributed by atoms with Gasteiger partial charge < -0.3 is 0 Å². The number of hydrogen-bond donors (Lipinski definition) is 0. The van der Waals surface area contributed by atoms with Crippen molar-refractivity contribution in [3.05, 3.63) is 11.6 Å². The lowest BCUT2D eigenvalue weighted by molar-refractivity contribution is 0.322. The lowest BCUT2D eigenvalue weighted by atomic mass is 9.79. The lowest BCUT2D eigenvalue weighted by Gasteiger charge is -2.52. The van der Waals surface area contributed by atoms with Gasteiger partial charge in [-0.3, -0.25) is 0 Å². The molecule has 1 aromatic rings. The number of nitrogens with zero attached hydrogens (tertiary/aromatic N) is 4. The second-order valence-corrected chi connectivity index (χ2v) is 10.2. The molecule has 4 bridgehead atoms. The van der Waals surface area contributed by atoms with Crippen molar-refractivity contribution in [2.75, 3.05) is 0 Å². The van der Waals surface area contributed by atoms with Crippen LogP contribution in [0.3, 0.4) is 0 Å². The highest BCUT2D eigenvalue weighted by Gasteiger charge is 2.52. The Bertz CT molecular complexity index is 527. The second kappa shape index (κ2) is 4.54. The van der Waals surface area contributed by atoms with E-state index in [2.05, 4.69) is 67.5 Å². The van der Waals surface area contributed by atoms with Crippen molar-refractivity contribution in [1.29, 1.82) is 0 Å². The van der Waals surface area contributed by atoms with Gasteiger partial charge in [0.25, 0.3) is 0 Å². The van der Waals surface area contributed by atoms with Crippen molar-refractivity contribution < 1.29 is 0 Å². The summed E-state index contributed by atoms with van der Waals surface area (Å²) in [5.74, 6) is 7.61. The summed E-state index contributed by atoms with van der Waals surface area (Å²) in [6.07, 6.45) is 3.61. The molecule has 0 atom stereocenters. The van der Waals surface area contributed by atoms with Gasteiger partial charge in [0.1, 0.15) is 0 Å². The SMILES string of the molecule is Cc1nnc(C#CC23CC4SC(C2)SC(C3)S4)nn1. The highest BCUT2D eigenvalue weighted by molar-refractivity contribution is 8.33. The molecule has 0 N–H and O–H groups in total. The maximum Gasteiger partial charge on any atom is 0.246 e. The van der Waals surface area contributed by atoms with Crippen molar-refractivity contribution >= 4 is 35.3 Å². The zero-order valence-corrected chi connectivity index (χ0v) is 12.8. The molecular weight excluding hydrogens is 296 g/mol. The third kappa shape index (κ3) is 2.34. The molecule has 5 heterocycles. The first-order valence-corrected chi connectivity index (χ1v) is 9.07. The number of rotatable bonds is 0. The largest absolute Gasteiger partial charge is 0.246 e. The van der Waals surface area contributed by atoms with Crippen LogP contribution < -0.4 is 0 Å². The average Bonchev–Trinajstić information content (AvgIpc) is 2.36. The van der Waals surface area contributed by atoms with Gasteiger partial charge in [-0.05, 0) is 32.1 Å². The Morgan fingerprint density at radius 3 is 2.00 bits per heavy atom. The minimum absolute atomic E-state index is 0.190. The van der Waals surface area contributed by atoms with Crippen LogP contribution in [0.5, 0.6) is 0 Å². The maximum atomic E-state index is 3.98. The zero-order valence-electron chi connectivity index (χ0n) is 10.4. The standard InChI is InChI=1S/C12H12N4S3/c1-7-13-15-8(16-14-7)2-3-12-4-9-17-10(5-12)19-11(6-12)18-9/h9-11H,4-6H2,1H3. The summed E-state index contributed by atoms with van der Waals surface area (Å²) in [6, 6.07) is 0. The second-order valence-electron chi connectivity index (χ2n) is 5.11. The molecule has 0 spiro atoms. The fourth-order valence-electron chi connectivity index (χ4n) is 2.77. The van der Waals surface area contributed by atoms with E-state index in [1.165, 1.54) is 19.3 Å². The Morgan fingerprint density at radius 1 is 0.947 bits per heavy atom. The molecule has 4 saturated heterocycles. The van der Waals surface area contributed by atoms with Gasteiger partial charge in [0.2, 0.25) is 5.82 Å². The van der Waals surface area contributed by atoms with Crippen molar-refractivity contribution in [3.63, 3.8) is 0 Å². The molecule has 98 valence electrons. The molecule has 0 amide bonds. The molecule has 0 radical (unpaired) electrons. The molecule has 4 aliphatic heterocycles. The Morgan fingerprint density at radius 2 is 1.47 bits per heavy atom. The first-order valence-electron chi connectivity index (χ1n) is 6.24. The van der Waals surface area contributed by atoms with Crippen molar-refractivity contribution in [1.82, 2.24) is 20.4 Å². The molecule has 5 rings (SSSR count). The van der Waals surface area contributed by atoms with E-state index in [0.717, 1.165) is 13.7 Å². The Hall–Kier alpha value is -0.450. The van der Waals surface area contributed by atoms with E-state index in [0.29, 0.717) is 11.6 Å². The topological polar surface area (TPSA) is 51.6 Å². The molecule has 0 aliphatic carbocycles. The normalized spacial score (nSPS) is 38.9. The maximum absolute atomic E-state index is 3.98. The summed E-state index contributed by atoms with van der Waals surface area (Å²) >= 11 is 6.40. The van der Waals surface area contributed by atoms with Gasteiger partial charge in [-0.2, -0.15) is 0 Å².